The van der Waals surface area contributed by atoms with Gasteiger partial charge in [0.25, 0.3) is 5.56 Å². The summed E-state index contributed by atoms with van der Waals surface area (Å²) in [6.45, 7) is 1.48. The molecule has 138 valence electrons. The third-order valence-electron chi connectivity index (χ3n) is 4.01. The van der Waals surface area contributed by atoms with Crippen molar-refractivity contribution in [3.8, 4) is 0 Å². The van der Waals surface area contributed by atoms with E-state index < -0.39 is 11.9 Å². The van der Waals surface area contributed by atoms with Crippen molar-refractivity contribution >= 4 is 39.9 Å². The van der Waals surface area contributed by atoms with Crippen LogP contribution in [0.2, 0.25) is 5.02 Å². The molecule has 1 N–H and O–H groups in total. The Kier molecular flexibility index (Phi) is 5.23. The summed E-state index contributed by atoms with van der Waals surface area (Å²) >= 11 is 6.07. The summed E-state index contributed by atoms with van der Waals surface area (Å²) in [5, 5.41) is 8.28. The average molecular weight is 386 g/mol. The van der Waals surface area contributed by atoms with Crippen LogP contribution in [-0.2, 0) is 16.1 Å². The standard InChI is InChI=1S/C19H16ClN3O4/c1-11-13-5-3-4-6-14(13)18(25)23(22-11)10-17(24)21-16-9-12(19(26)27-2)7-8-15(16)20/h3-9H,10H2,1-2H3,(H,21,24). The molecule has 0 radical (unpaired) electrons. The fraction of sp³-hybridized carbons (Fsp3) is 0.158. The number of aryl methyl sites for hydroxylation is 1. The number of carbonyl (C=O) groups excluding carboxylic acids is 2. The molecule has 0 atom stereocenters. The van der Waals surface area contributed by atoms with Crippen molar-refractivity contribution in [2.45, 2.75) is 13.5 Å². The van der Waals surface area contributed by atoms with Gasteiger partial charge in [-0.3, -0.25) is 9.59 Å². The molecule has 7 nitrogen and oxygen atoms in total. The summed E-state index contributed by atoms with van der Waals surface area (Å²) in [5.74, 6) is -1.05. The van der Waals surface area contributed by atoms with Gasteiger partial charge in [-0.25, -0.2) is 9.48 Å². The molecule has 0 fully saturated rings. The summed E-state index contributed by atoms with van der Waals surface area (Å²) in [4.78, 5) is 36.6. The molecule has 0 saturated carbocycles. The highest BCUT2D eigenvalue weighted by Gasteiger charge is 2.14. The number of esters is 1. The SMILES string of the molecule is COC(=O)c1ccc(Cl)c(NC(=O)Cn2nc(C)c3ccccc3c2=O)c1. The molecule has 0 unspecified atom stereocenters. The first-order valence-corrected chi connectivity index (χ1v) is 8.42. The molecule has 0 aliphatic rings. The Morgan fingerprint density at radius 1 is 1.19 bits per heavy atom. The molecule has 1 amide bonds. The van der Waals surface area contributed by atoms with Gasteiger partial charge in [-0.05, 0) is 31.2 Å². The maximum Gasteiger partial charge on any atom is 0.337 e. The third-order valence-corrected chi connectivity index (χ3v) is 4.34. The lowest BCUT2D eigenvalue weighted by Crippen LogP contribution is -2.30. The van der Waals surface area contributed by atoms with Gasteiger partial charge in [-0.15, -0.1) is 0 Å². The van der Waals surface area contributed by atoms with Gasteiger partial charge < -0.3 is 10.1 Å². The number of anilines is 1. The molecule has 27 heavy (non-hydrogen) atoms. The summed E-state index contributed by atoms with van der Waals surface area (Å²) in [6.07, 6.45) is 0. The van der Waals surface area contributed by atoms with Crippen LogP contribution in [0.15, 0.2) is 47.3 Å². The van der Waals surface area contributed by atoms with E-state index in [1.807, 2.05) is 12.1 Å². The number of ether oxygens (including phenoxy) is 1. The molecule has 1 aromatic heterocycles. The van der Waals surface area contributed by atoms with E-state index in [0.29, 0.717) is 11.1 Å². The monoisotopic (exact) mass is 385 g/mol. The van der Waals surface area contributed by atoms with Crippen LogP contribution in [0.5, 0.6) is 0 Å². The minimum atomic E-state index is -0.551. The fourth-order valence-corrected chi connectivity index (χ4v) is 2.87. The molecule has 0 saturated heterocycles. The predicted molar refractivity (Wildman–Crippen MR) is 102 cm³/mol. The normalized spacial score (nSPS) is 10.6. The van der Waals surface area contributed by atoms with Crippen molar-refractivity contribution in [3.05, 3.63) is 69.1 Å². The number of methoxy groups -OCH3 is 1. The van der Waals surface area contributed by atoms with E-state index in [-0.39, 0.29) is 28.4 Å². The summed E-state index contributed by atoms with van der Waals surface area (Å²) < 4.78 is 5.75. The van der Waals surface area contributed by atoms with Gasteiger partial charge in [-0.1, -0.05) is 29.8 Å². The Morgan fingerprint density at radius 2 is 1.89 bits per heavy atom. The van der Waals surface area contributed by atoms with Crippen molar-refractivity contribution in [2.24, 2.45) is 0 Å². The van der Waals surface area contributed by atoms with Gasteiger partial charge in [0.05, 0.1) is 34.5 Å². The topological polar surface area (TPSA) is 90.3 Å². The van der Waals surface area contributed by atoms with Gasteiger partial charge in [0, 0.05) is 5.39 Å². The van der Waals surface area contributed by atoms with Crippen LogP contribution in [-0.4, -0.2) is 28.8 Å². The summed E-state index contributed by atoms with van der Waals surface area (Å²) in [7, 11) is 1.26. The van der Waals surface area contributed by atoms with Crippen LogP contribution in [0.1, 0.15) is 16.1 Å². The van der Waals surface area contributed by atoms with E-state index in [0.717, 1.165) is 10.1 Å². The first-order valence-electron chi connectivity index (χ1n) is 8.05. The number of nitrogens with one attached hydrogen (secondary N) is 1. The Labute approximate surface area is 159 Å². The van der Waals surface area contributed by atoms with E-state index in [9.17, 15) is 14.4 Å². The Morgan fingerprint density at radius 3 is 2.59 bits per heavy atom. The van der Waals surface area contributed by atoms with Crippen LogP contribution in [0, 0.1) is 6.92 Å². The van der Waals surface area contributed by atoms with Gasteiger partial charge in [0.1, 0.15) is 6.54 Å². The second-order valence-corrected chi connectivity index (χ2v) is 6.24. The van der Waals surface area contributed by atoms with Crippen LogP contribution >= 0.6 is 11.6 Å². The highest BCUT2D eigenvalue weighted by atomic mass is 35.5. The van der Waals surface area contributed by atoms with Crippen LogP contribution < -0.4 is 10.9 Å². The molecule has 0 spiro atoms. The number of rotatable bonds is 4. The molecule has 8 heteroatoms. The van der Waals surface area contributed by atoms with E-state index in [2.05, 4.69) is 15.2 Å². The molecule has 0 aliphatic carbocycles. The quantitative estimate of drug-likeness (QED) is 0.697. The van der Waals surface area contributed by atoms with E-state index in [1.54, 1.807) is 19.1 Å². The number of fused-ring (bicyclic) bond motifs is 1. The number of aromatic nitrogens is 2. The minimum Gasteiger partial charge on any atom is -0.465 e. The van der Waals surface area contributed by atoms with Crippen molar-refractivity contribution in [1.29, 1.82) is 0 Å². The zero-order valence-corrected chi connectivity index (χ0v) is 15.4. The first-order chi connectivity index (χ1) is 12.9. The number of carbonyl (C=O) groups is 2. The minimum absolute atomic E-state index is 0.244. The zero-order valence-electron chi connectivity index (χ0n) is 14.7. The Bertz CT molecular complexity index is 1110. The van der Waals surface area contributed by atoms with E-state index in [4.69, 9.17) is 11.6 Å². The molecule has 2 aromatic carbocycles. The van der Waals surface area contributed by atoms with Crippen LogP contribution in [0.25, 0.3) is 10.8 Å². The van der Waals surface area contributed by atoms with Crippen molar-refractivity contribution in [2.75, 3.05) is 12.4 Å². The molecule has 3 rings (SSSR count). The molecular formula is C19H16ClN3O4. The summed E-state index contributed by atoms with van der Waals surface area (Å²) in [5.41, 5.74) is 0.772. The maximum absolute atomic E-state index is 12.6. The summed E-state index contributed by atoms with van der Waals surface area (Å²) in [6, 6.07) is 11.5. The van der Waals surface area contributed by atoms with Gasteiger partial charge in [0.15, 0.2) is 0 Å². The maximum atomic E-state index is 12.6. The third kappa shape index (κ3) is 3.83. The van der Waals surface area contributed by atoms with E-state index >= 15 is 0 Å². The fourth-order valence-electron chi connectivity index (χ4n) is 2.70. The largest absolute Gasteiger partial charge is 0.465 e. The molecule has 0 bridgehead atoms. The molecular weight excluding hydrogens is 370 g/mol. The van der Waals surface area contributed by atoms with Crippen LogP contribution in [0.4, 0.5) is 5.69 Å². The second-order valence-electron chi connectivity index (χ2n) is 5.83. The number of hydrogen-bond acceptors (Lipinski definition) is 5. The average Bonchev–Trinajstić information content (AvgIpc) is 2.67. The highest BCUT2D eigenvalue weighted by molar-refractivity contribution is 6.33. The number of hydrogen-bond donors (Lipinski definition) is 1. The molecule has 3 aromatic rings. The lowest BCUT2D eigenvalue weighted by molar-refractivity contribution is -0.117. The van der Waals surface area contributed by atoms with Crippen molar-refractivity contribution in [3.63, 3.8) is 0 Å². The number of benzene rings is 2. The van der Waals surface area contributed by atoms with Crippen molar-refractivity contribution < 1.29 is 14.3 Å². The second kappa shape index (κ2) is 7.59. The molecule has 0 aliphatic heterocycles. The van der Waals surface area contributed by atoms with Gasteiger partial charge in [0.2, 0.25) is 5.91 Å². The smallest absolute Gasteiger partial charge is 0.337 e. The number of halogens is 1. The van der Waals surface area contributed by atoms with Gasteiger partial charge in [-0.2, -0.15) is 5.10 Å². The Hall–Kier alpha value is -3.19. The van der Waals surface area contributed by atoms with Crippen molar-refractivity contribution in [1.82, 2.24) is 9.78 Å². The zero-order chi connectivity index (χ0) is 19.6. The van der Waals surface area contributed by atoms with Gasteiger partial charge >= 0.3 is 5.97 Å². The lowest BCUT2D eigenvalue weighted by atomic mass is 10.1. The Balaban J connectivity index is 1.87. The predicted octanol–water partition coefficient (Wildman–Crippen LogP) is 2.78. The molecule has 1 heterocycles. The van der Waals surface area contributed by atoms with Crippen LogP contribution in [0.3, 0.4) is 0 Å². The number of amides is 1. The lowest BCUT2D eigenvalue weighted by Gasteiger charge is -2.11. The highest BCUT2D eigenvalue weighted by Crippen LogP contribution is 2.23. The first kappa shape index (κ1) is 18.6. The number of nitrogens with zero attached hydrogens (tertiary/aromatic N) is 2. The van der Waals surface area contributed by atoms with E-state index in [1.165, 1.54) is 25.3 Å².